The number of benzene rings is 1. The molecule has 0 fully saturated rings. The van der Waals surface area contributed by atoms with Gasteiger partial charge in [-0.3, -0.25) is 0 Å². The molecule has 0 saturated carbocycles. The number of nitrogens with one attached hydrogen (secondary N) is 1. The number of hydrazone groups is 1. The molecule has 110 valence electrons. The summed E-state index contributed by atoms with van der Waals surface area (Å²) in [6.45, 7) is 0.395. The van der Waals surface area contributed by atoms with E-state index in [1.807, 2.05) is 0 Å². The lowest BCUT2D eigenvalue weighted by molar-refractivity contribution is -0.140. The fraction of sp³-hybridized carbons (Fsp3) is 0.231. The van der Waals surface area contributed by atoms with Crippen LogP contribution < -0.4 is 5.43 Å². The second kappa shape index (κ2) is 5.10. The van der Waals surface area contributed by atoms with E-state index in [2.05, 4.69) is 14.9 Å². The summed E-state index contributed by atoms with van der Waals surface area (Å²) in [7, 11) is 0. The van der Waals surface area contributed by atoms with Gasteiger partial charge in [-0.1, -0.05) is 12.1 Å². The number of aromatic nitrogens is 1. The first-order valence-electron chi connectivity index (χ1n) is 6.05. The van der Waals surface area contributed by atoms with Gasteiger partial charge in [0, 0.05) is 11.4 Å². The van der Waals surface area contributed by atoms with Crippen LogP contribution >= 0.6 is 11.5 Å². The summed E-state index contributed by atoms with van der Waals surface area (Å²) in [5.74, 6) is -0.692. The van der Waals surface area contributed by atoms with E-state index in [0.29, 0.717) is 22.7 Å². The SMILES string of the molecule is Fc1ccc(C2=NNCC2c2cc(C(F)(F)F)ns2)cc1. The first-order valence-corrected chi connectivity index (χ1v) is 6.82. The maximum Gasteiger partial charge on any atom is 0.434 e. The third-order valence-corrected chi connectivity index (χ3v) is 4.03. The Labute approximate surface area is 121 Å². The Morgan fingerprint density at radius 2 is 1.90 bits per heavy atom. The summed E-state index contributed by atoms with van der Waals surface area (Å²) in [5, 5.41) is 4.11. The first kappa shape index (κ1) is 14.0. The van der Waals surface area contributed by atoms with Gasteiger partial charge in [0.25, 0.3) is 0 Å². The van der Waals surface area contributed by atoms with Crippen LogP contribution in [0.4, 0.5) is 17.6 Å². The van der Waals surface area contributed by atoms with Crippen LogP contribution in [0, 0.1) is 5.82 Å². The van der Waals surface area contributed by atoms with Crippen LogP contribution in [0.25, 0.3) is 0 Å². The molecule has 1 atom stereocenters. The first-order chi connectivity index (χ1) is 9.95. The fourth-order valence-corrected chi connectivity index (χ4v) is 2.95. The molecule has 1 unspecified atom stereocenters. The predicted molar refractivity (Wildman–Crippen MR) is 70.8 cm³/mol. The van der Waals surface area contributed by atoms with Gasteiger partial charge in [-0.05, 0) is 35.3 Å². The molecule has 1 aromatic carbocycles. The fourth-order valence-electron chi connectivity index (χ4n) is 2.11. The van der Waals surface area contributed by atoms with Gasteiger partial charge in [0.1, 0.15) is 5.82 Å². The van der Waals surface area contributed by atoms with Crippen LogP contribution in [-0.2, 0) is 6.18 Å². The number of hydrogen-bond acceptors (Lipinski definition) is 4. The largest absolute Gasteiger partial charge is 0.434 e. The van der Waals surface area contributed by atoms with Crippen molar-refractivity contribution in [1.29, 1.82) is 0 Å². The van der Waals surface area contributed by atoms with Crippen molar-refractivity contribution in [1.82, 2.24) is 9.80 Å². The molecule has 3 rings (SSSR count). The van der Waals surface area contributed by atoms with E-state index >= 15 is 0 Å². The molecule has 0 aliphatic carbocycles. The van der Waals surface area contributed by atoms with Gasteiger partial charge in [-0.25, -0.2) is 4.39 Å². The van der Waals surface area contributed by atoms with E-state index in [9.17, 15) is 17.6 Å². The Hall–Kier alpha value is -1.96. The minimum atomic E-state index is -4.45. The lowest BCUT2D eigenvalue weighted by Crippen LogP contribution is -2.13. The minimum Gasteiger partial charge on any atom is -0.309 e. The molecule has 0 amide bonds. The Bertz CT molecular complexity index is 675. The van der Waals surface area contributed by atoms with Crippen molar-refractivity contribution < 1.29 is 17.6 Å². The highest BCUT2D eigenvalue weighted by Gasteiger charge is 2.36. The van der Waals surface area contributed by atoms with E-state index < -0.39 is 11.9 Å². The van der Waals surface area contributed by atoms with Crippen LogP contribution in [0.3, 0.4) is 0 Å². The van der Waals surface area contributed by atoms with E-state index in [1.54, 1.807) is 12.1 Å². The summed E-state index contributed by atoms with van der Waals surface area (Å²) in [4.78, 5) is 0.482. The molecular formula is C13H9F4N3S. The average Bonchev–Trinajstić information content (AvgIpc) is 3.07. The van der Waals surface area contributed by atoms with Crippen molar-refractivity contribution in [2.24, 2.45) is 5.10 Å². The van der Waals surface area contributed by atoms with Gasteiger partial charge in [0.15, 0.2) is 5.69 Å². The summed E-state index contributed by atoms with van der Waals surface area (Å²) in [6, 6.07) is 6.74. The van der Waals surface area contributed by atoms with E-state index in [4.69, 9.17) is 0 Å². The van der Waals surface area contributed by atoms with Crippen molar-refractivity contribution in [2.45, 2.75) is 12.1 Å². The molecule has 0 saturated heterocycles. The molecule has 0 bridgehead atoms. The van der Waals surface area contributed by atoms with Gasteiger partial charge in [-0.15, -0.1) is 0 Å². The predicted octanol–water partition coefficient (Wildman–Crippen LogP) is 3.39. The Morgan fingerprint density at radius 1 is 1.19 bits per heavy atom. The van der Waals surface area contributed by atoms with E-state index in [-0.39, 0.29) is 11.7 Å². The standard InChI is InChI=1S/C13H9F4N3S/c14-8-3-1-7(2-4-8)12-9(6-18-19-12)10-5-11(20-21-10)13(15,16)17/h1-5,9,18H,6H2. The average molecular weight is 315 g/mol. The zero-order valence-corrected chi connectivity index (χ0v) is 11.3. The molecule has 0 spiro atoms. The molecular weight excluding hydrogens is 306 g/mol. The highest BCUT2D eigenvalue weighted by atomic mass is 32.1. The molecule has 8 heteroatoms. The minimum absolute atomic E-state index is 0.316. The van der Waals surface area contributed by atoms with Crippen molar-refractivity contribution in [3.63, 3.8) is 0 Å². The number of hydrogen-bond donors (Lipinski definition) is 1. The summed E-state index contributed by atoms with van der Waals surface area (Å²) in [5.41, 5.74) is 3.14. The lowest BCUT2D eigenvalue weighted by Gasteiger charge is -2.09. The zero-order chi connectivity index (χ0) is 15.0. The molecule has 3 nitrogen and oxygen atoms in total. The van der Waals surface area contributed by atoms with E-state index in [1.165, 1.54) is 12.1 Å². The Balaban J connectivity index is 1.90. The van der Waals surface area contributed by atoms with Crippen LogP contribution in [-0.4, -0.2) is 16.6 Å². The summed E-state index contributed by atoms with van der Waals surface area (Å²) < 4.78 is 54.2. The van der Waals surface area contributed by atoms with Gasteiger partial charge >= 0.3 is 6.18 Å². The molecule has 1 aromatic heterocycles. The maximum atomic E-state index is 12.9. The van der Waals surface area contributed by atoms with Gasteiger partial charge < -0.3 is 5.43 Å². The second-order valence-corrected chi connectivity index (χ2v) is 5.37. The molecule has 2 heterocycles. The molecule has 21 heavy (non-hydrogen) atoms. The summed E-state index contributed by atoms with van der Waals surface area (Å²) >= 11 is 0.810. The van der Waals surface area contributed by atoms with Crippen LogP contribution in [0.15, 0.2) is 35.4 Å². The Morgan fingerprint density at radius 3 is 2.52 bits per heavy atom. The third kappa shape index (κ3) is 2.76. The highest BCUT2D eigenvalue weighted by molar-refractivity contribution is 7.06. The van der Waals surface area contributed by atoms with Gasteiger partial charge in [0.2, 0.25) is 0 Å². The molecule has 1 aliphatic heterocycles. The van der Waals surface area contributed by atoms with Crippen molar-refractivity contribution in [3.05, 3.63) is 52.3 Å². The number of rotatable bonds is 2. The second-order valence-electron chi connectivity index (χ2n) is 4.53. The zero-order valence-electron chi connectivity index (χ0n) is 10.5. The molecule has 0 radical (unpaired) electrons. The van der Waals surface area contributed by atoms with Crippen molar-refractivity contribution in [3.8, 4) is 0 Å². The highest BCUT2D eigenvalue weighted by Crippen LogP contribution is 2.34. The maximum absolute atomic E-state index is 12.9. The van der Waals surface area contributed by atoms with Gasteiger partial charge in [-0.2, -0.15) is 22.6 Å². The molecule has 1 N–H and O–H groups in total. The monoisotopic (exact) mass is 315 g/mol. The lowest BCUT2D eigenvalue weighted by atomic mass is 9.96. The van der Waals surface area contributed by atoms with Crippen molar-refractivity contribution >= 4 is 17.2 Å². The normalized spacial score (nSPS) is 18.5. The topological polar surface area (TPSA) is 37.3 Å². The van der Waals surface area contributed by atoms with Crippen LogP contribution in [0.5, 0.6) is 0 Å². The van der Waals surface area contributed by atoms with Crippen LogP contribution in [0.2, 0.25) is 0 Å². The van der Waals surface area contributed by atoms with Gasteiger partial charge in [0.05, 0.1) is 11.6 Å². The summed E-state index contributed by atoms with van der Waals surface area (Å²) in [6.07, 6.45) is -4.45. The number of halogens is 4. The molecule has 2 aromatic rings. The quantitative estimate of drug-likeness (QED) is 0.863. The Kier molecular flexibility index (Phi) is 3.40. The number of alkyl halides is 3. The van der Waals surface area contributed by atoms with Crippen molar-refractivity contribution in [2.75, 3.05) is 6.54 Å². The van der Waals surface area contributed by atoms with E-state index in [0.717, 1.165) is 17.6 Å². The smallest absolute Gasteiger partial charge is 0.309 e. The van der Waals surface area contributed by atoms with Crippen LogP contribution in [0.1, 0.15) is 22.1 Å². The molecule has 1 aliphatic rings. The third-order valence-electron chi connectivity index (χ3n) is 3.13. The number of nitrogens with zero attached hydrogens (tertiary/aromatic N) is 2.